The maximum absolute atomic E-state index is 10.3. The number of phenolic OH excluding ortho intramolecular Hbond substituents is 1. The van der Waals surface area contributed by atoms with Crippen LogP contribution in [0.25, 0.3) is 0 Å². The van der Waals surface area contributed by atoms with Crippen LogP contribution in [0.5, 0.6) is 5.75 Å². The Morgan fingerprint density at radius 1 is 1.25 bits per heavy atom. The number of thiophene rings is 1. The van der Waals surface area contributed by atoms with Gasteiger partial charge in [0.2, 0.25) is 0 Å². The van der Waals surface area contributed by atoms with Crippen LogP contribution in [0.3, 0.4) is 0 Å². The van der Waals surface area contributed by atoms with E-state index in [4.69, 9.17) is 0 Å². The lowest BCUT2D eigenvalue weighted by molar-refractivity contribution is 0.198. The third-order valence-electron chi connectivity index (χ3n) is 3.61. The highest BCUT2D eigenvalue weighted by Gasteiger charge is 2.26. The fraction of sp³-hybridized carbons (Fsp3) is 0.333. The molecule has 3 rings (SSSR count). The molecule has 1 fully saturated rings. The average molecular weight is 353 g/mol. The molecule has 0 unspecified atom stereocenters. The highest BCUT2D eigenvalue weighted by atomic mass is 79.9. The minimum atomic E-state index is 0.134. The number of nitrogens with one attached hydrogen (secondary N) is 1. The lowest BCUT2D eigenvalue weighted by atomic mass is 10.0. The first-order chi connectivity index (χ1) is 9.75. The molecule has 1 aromatic heterocycles. The summed E-state index contributed by atoms with van der Waals surface area (Å²) in [6.45, 7) is 3.98. The molecule has 1 saturated heterocycles. The van der Waals surface area contributed by atoms with E-state index in [1.165, 1.54) is 4.88 Å². The number of rotatable bonds is 3. The third-order valence-corrected chi connectivity index (χ3v) is 5.03. The quantitative estimate of drug-likeness (QED) is 0.890. The first-order valence-electron chi connectivity index (χ1n) is 6.72. The van der Waals surface area contributed by atoms with E-state index in [2.05, 4.69) is 43.7 Å². The number of piperazine rings is 1. The molecule has 0 aliphatic carbocycles. The van der Waals surface area contributed by atoms with Gasteiger partial charge in [-0.1, -0.05) is 22.0 Å². The summed E-state index contributed by atoms with van der Waals surface area (Å²) in [5.74, 6) is 0.366. The van der Waals surface area contributed by atoms with Gasteiger partial charge in [0.05, 0.1) is 6.04 Å². The van der Waals surface area contributed by atoms with E-state index in [-0.39, 0.29) is 6.04 Å². The molecule has 20 heavy (non-hydrogen) atoms. The van der Waals surface area contributed by atoms with Crippen LogP contribution >= 0.6 is 27.3 Å². The molecule has 2 aromatic rings. The number of aromatic hydroxyl groups is 1. The Kier molecular flexibility index (Phi) is 4.41. The van der Waals surface area contributed by atoms with Crippen molar-refractivity contribution in [2.45, 2.75) is 6.04 Å². The van der Waals surface area contributed by atoms with Crippen LogP contribution in [0.15, 0.2) is 40.2 Å². The summed E-state index contributed by atoms with van der Waals surface area (Å²) in [5, 5.41) is 15.8. The summed E-state index contributed by atoms with van der Waals surface area (Å²) in [6.07, 6.45) is 0. The van der Waals surface area contributed by atoms with Crippen molar-refractivity contribution in [1.82, 2.24) is 10.2 Å². The van der Waals surface area contributed by atoms with Crippen LogP contribution in [0.2, 0.25) is 0 Å². The monoisotopic (exact) mass is 352 g/mol. The second-order valence-corrected chi connectivity index (χ2v) is 6.80. The highest BCUT2D eigenvalue weighted by Crippen LogP contribution is 2.37. The maximum Gasteiger partial charge on any atom is 0.120 e. The number of nitrogens with zero attached hydrogens (tertiary/aromatic N) is 1. The molecular weight excluding hydrogens is 336 g/mol. The zero-order chi connectivity index (χ0) is 13.9. The van der Waals surface area contributed by atoms with Gasteiger partial charge in [0.15, 0.2) is 0 Å². The molecule has 2 N–H and O–H groups in total. The SMILES string of the molecule is Oc1ccc(Br)cc1[C@H](c1cccs1)N1CCNCC1. The van der Waals surface area contributed by atoms with Crippen LogP contribution in [-0.2, 0) is 0 Å². The van der Waals surface area contributed by atoms with Gasteiger partial charge in [-0.3, -0.25) is 4.90 Å². The van der Waals surface area contributed by atoms with Gasteiger partial charge in [-0.25, -0.2) is 0 Å². The molecule has 1 atom stereocenters. The lowest BCUT2D eigenvalue weighted by Crippen LogP contribution is -2.45. The Bertz CT molecular complexity index is 567. The zero-order valence-corrected chi connectivity index (χ0v) is 13.5. The standard InChI is InChI=1S/C15H17BrN2OS/c16-11-3-4-13(19)12(10-11)15(14-2-1-9-20-14)18-7-5-17-6-8-18/h1-4,9-10,15,17,19H,5-8H2/t15-/m1/s1. The highest BCUT2D eigenvalue weighted by molar-refractivity contribution is 9.10. The molecule has 0 amide bonds. The smallest absolute Gasteiger partial charge is 0.120 e. The molecule has 1 aromatic carbocycles. The lowest BCUT2D eigenvalue weighted by Gasteiger charge is -2.35. The van der Waals surface area contributed by atoms with Gasteiger partial charge < -0.3 is 10.4 Å². The molecule has 3 nitrogen and oxygen atoms in total. The predicted octanol–water partition coefficient (Wildman–Crippen LogP) is 3.21. The largest absolute Gasteiger partial charge is 0.508 e. The molecule has 1 aliphatic heterocycles. The van der Waals surface area contributed by atoms with E-state index < -0.39 is 0 Å². The second-order valence-electron chi connectivity index (χ2n) is 4.91. The molecule has 0 radical (unpaired) electrons. The molecule has 106 valence electrons. The molecule has 5 heteroatoms. The first kappa shape index (κ1) is 14.1. The second kappa shape index (κ2) is 6.26. The van der Waals surface area contributed by atoms with Crippen molar-refractivity contribution in [2.24, 2.45) is 0 Å². The van der Waals surface area contributed by atoms with E-state index in [0.29, 0.717) is 5.75 Å². The number of halogens is 1. The van der Waals surface area contributed by atoms with Gasteiger partial charge in [-0.05, 0) is 29.6 Å². The summed E-state index contributed by atoms with van der Waals surface area (Å²) in [6, 6.07) is 10.0. The minimum Gasteiger partial charge on any atom is -0.508 e. The molecule has 1 aliphatic rings. The van der Waals surface area contributed by atoms with Crippen molar-refractivity contribution in [3.63, 3.8) is 0 Å². The van der Waals surface area contributed by atoms with Crippen LogP contribution in [-0.4, -0.2) is 36.2 Å². The van der Waals surface area contributed by atoms with Crippen molar-refractivity contribution < 1.29 is 5.11 Å². The zero-order valence-electron chi connectivity index (χ0n) is 11.1. The van der Waals surface area contributed by atoms with Crippen molar-refractivity contribution in [3.05, 3.63) is 50.6 Å². The number of hydrogen-bond donors (Lipinski definition) is 2. The van der Waals surface area contributed by atoms with Crippen LogP contribution in [0, 0.1) is 0 Å². The Balaban J connectivity index is 2.02. The topological polar surface area (TPSA) is 35.5 Å². The summed E-state index contributed by atoms with van der Waals surface area (Å²) >= 11 is 5.26. The van der Waals surface area contributed by atoms with Crippen LogP contribution < -0.4 is 5.32 Å². The fourth-order valence-corrected chi connectivity index (χ4v) is 3.92. The fourth-order valence-electron chi connectivity index (χ4n) is 2.66. The Morgan fingerprint density at radius 2 is 2.05 bits per heavy atom. The van der Waals surface area contributed by atoms with Gasteiger partial charge >= 0.3 is 0 Å². The van der Waals surface area contributed by atoms with E-state index in [1.54, 1.807) is 17.4 Å². The number of benzene rings is 1. The van der Waals surface area contributed by atoms with Gasteiger partial charge in [-0.2, -0.15) is 0 Å². The molecule has 2 heterocycles. The molecule has 0 bridgehead atoms. The van der Waals surface area contributed by atoms with Crippen LogP contribution in [0.4, 0.5) is 0 Å². The van der Waals surface area contributed by atoms with E-state index >= 15 is 0 Å². The average Bonchev–Trinajstić information content (AvgIpc) is 2.98. The maximum atomic E-state index is 10.3. The molecule has 0 spiro atoms. The van der Waals surface area contributed by atoms with Crippen molar-refractivity contribution in [2.75, 3.05) is 26.2 Å². The van der Waals surface area contributed by atoms with E-state index in [9.17, 15) is 5.11 Å². The van der Waals surface area contributed by atoms with Crippen LogP contribution in [0.1, 0.15) is 16.5 Å². The van der Waals surface area contributed by atoms with Gasteiger partial charge in [0, 0.05) is 41.1 Å². The number of phenols is 1. The van der Waals surface area contributed by atoms with Crippen molar-refractivity contribution in [1.29, 1.82) is 0 Å². The normalized spacial score (nSPS) is 18.1. The van der Waals surface area contributed by atoms with Gasteiger partial charge in [0.25, 0.3) is 0 Å². The van der Waals surface area contributed by atoms with Gasteiger partial charge in [0.1, 0.15) is 5.75 Å². The summed E-state index contributed by atoms with van der Waals surface area (Å²) in [7, 11) is 0. The van der Waals surface area contributed by atoms with Gasteiger partial charge in [-0.15, -0.1) is 11.3 Å². The summed E-state index contributed by atoms with van der Waals surface area (Å²) in [4.78, 5) is 3.71. The number of hydrogen-bond acceptors (Lipinski definition) is 4. The molecule has 0 saturated carbocycles. The summed E-state index contributed by atoms with van der Waals surface area (Å²) in [5.41, 5.74) is 0.976. The third kappa shape index (κ3) is 2.91. The minimum absolute atomic E-state index is 0.134. The first-order valence-corrected chi connectivity index (χ1v) is 8.39. The predicted molar refractivity (Wildman–Crippen MR) is 86.4 cm³/mol. The van der Waals surface area contributed by atoms with Crippen molar-refractivity contribution >= 4 is 27.3 Å². The summed E-state index contributed by atoms with van der Waals surface area (Å²) < 4.78 is 1.00. The Labute approximate surface area is 131 Å². The Morgan fingerprint density at radius 3 is 2.75 bits per heavy atom. The van der Waals surface area contributed by atoms with E-state index in [1.807, 2.05) is 12.1 Å². The Hall–Kier alpha value is -0.880. The van der Waals surface area contributed by atoms with Crippen molar-refractivity contribution in [3.8, 4) is 5.75 Å². The van der Waals surface area contributed by atoms with E-state index in [0.717, 1.165) is 36.2 Å². The molecular formula is C15H17BrN2OS.